The Morgan fingerprint density at radius 2 is 2.07 bits per heavy atom. The standard InChI is InChI=1S/C12H16O3/c1-9-7-10(3-2-4-13)12-11(8-9)14-5-6-15-12/h7-8,13H,2-6H2,1H3. The van der Waals surface area contributed by atoms with E-state index in [1.165, 1.54) is 5.56 Å². The van der Waals surface area contributed by atoms with Crippen molar-refractivity contribution in [3.05, 3.63) is 23.3 Å². The van der Waals surface area contributed by atoms with Gasteiger partial charge >= 0.3 is 0 Å². The van der Waals surface area contributed by atoms with Gasteiger partial charge in [-0.2, -0.15) is 0 Å². The molecule has 0 saturated heterocycles. The van der Waals surface area contributed by atoms with E-state index in [0.29, 0.717) is 13.2 Å². The Morgan fingerprint density at radius 3 is 2.87 bits per heavy atom. The fourth-order valence-electron chi connectivity index (χ4n) is 1.83. The maximum absolute atomic E-state index is 8.83. The molecule has 0 fully saturated rings. The molecular formula is C12H16O3. The zero-order valence-electron chi connectivity index (χ0n) is 8.95. The zero-order valence-corrected chi connectivity index (χ0v) is 8.95. The second-order valence-electron chi connectivity index (χ2n) is 3.78. The van der Waals surface area contributed by atoms with Crippen LogP contribution in [-0.2, 0) is 6.42 Å². The monoisotopic (exact) mass is 208 g/mol. The highest BCUT2D eigenvalue weighted by Gasteiger charge is 2.16. The van der Waals surface area contributed by atoms with Gasteiger partial charge in [0.2, 0.25) is 0 Å². The molecule has 1 aliphatic heterocycles. The minimum absolute atomic E-state index is 0.212. The fraction of sp³-hybridized carbons (Fsp3) is 0.500. The molecule has 0 atom stereocenters. The van der Waals surface area contributed by atoms with E-state index in [1.54, 1.807) is 0 Å². The van der Waals surface area contributed by atoms with Crippen molar-refractivity contribution in [2.24, 2.45) is 0 Å². The first-order chi connectivity index (χ1) is 7.31. The topological polar surface area (TPSA) is 38.7 Å². The number of fused-ring (bicyclic) bond motifs is 1. The van der Waals surface area contributed by atoms with Crippen LogP contribution < -0.4 is 9.47 Å². The SMILES string of the molecule is Cc1cc(CCCO)c2c(c1)OCCO2. The maximum Gasteiger partial charge on any atom is 0.164 e. The van der Waals surface area contributed by atoms with Crippen LogP contribution in [0.5, 0.6) is 11.5 Å². The molecule has 0 bridgehead atoms. The van der Waals surface area contributed by atoms with E-state index in [9.17, 15) is 0 Å². The number of rotatable bonds is 3. The molecule has 0 aromatic heterocycles. The Morgan fingerprint density at radius 1 is 1.27 bits per heavy atom. The first-order valence-corrected chi connectivity index (χ1v) is 5.31. The quantitative estimate of drug-likeness (QED) is 0.821. The smallest absolute Gasteiger partial charge is 0.164 e. The Hall–Kier alpha value is -1.22. The maximum atomic E-state index is 8.83. The van der Waals surface area contributed by atoms with Gasteiger partial charge in [-0.3, -0.25) is 0 Å². The van der Waals surface area contributed by atoms with Crippen LogP contribution in [0.25, 0.3) is 0 Å². The van der Waals surface area contributed by atoms with Crippen LogP contribution in [0.3, 0.4) is 0 Å². The average Bonchev–Trinajstić information content (AvgIpc) is 2.25. The zero-order chi connectivity index (χ0) is 10.7. The van der Waals surface area contributed by atoms with Gasteiger partial charge in [0, 0.05) is 6.61 Å². The summed E-state index contributed by atoms with van der Waals surface area (Å²) < 4.78 is 11.1. The molecule has 82 valence electrons. The Labute approximate surface area is 89.6 Å². The molecular weight excluding hydrogens is 192 g/mol. The molecule has 0 aliphatic carbocycles. The summed E-state index contributed by atoms with van der Waals surface area (Å²) >= 11 is 0. The molecule has 3 nitrogen and oxygen atoms in total. The third-order valence-corrected chi connectivity index (χ3v) is 2.47. The van der Waals surface area contributed by atoms with E-state index in [2.05, 4.69) is 6.07 Å². The number of ether oxygens (including phenoxy) is 2. The van der Waals surface area contributed by atoms with Crippen LogP contribution in [0.15, 0.2) is 12.1 Å². The van der Waals surface area contributed by atoms with Crippen LogP contribution in [0.1, 0.15) is 17.5 Å². The van der Waals surface area contributed by atoms with Gasteiger partial charge in [0.25, 0.3) is 0 Å². The van der Waals surface area contributed by atoms with Crippen LogP contribution in [0, 0.1) is 6.92 Å². The fourth-order valence-corrected chi connectivity index (χ4v) is 1.83. The van der Waals surface area contributed by atoms with Gasteiger partial charge in [0.05, 0.1) is 0 Å². The highest BCUT2D eigenvalue weighted by Crippen LogP contribution is 2.35. The number of hydrogen-bond donors (Lipinski definition) is 1. The highest BCUT2D eigenvalue weighted by atomic mass is 16.6. The lowest BCUT2D eigenvalue weighted by Crippen LogP contribution is -2.17. The van der Waals surface area contributed by atoms with Gasteiger partial charge in [-0.05, 0) is 37.0 Å². The molecule has 0 radical (unpaired) electrons. The summed E-state index contributed by atoms with van der Waals surface area (Å²) in [6.07, 6.45) is 1.60. The molecule has 2 rings (SSSR count). The lowest BCUT2D eigenvalue weighted by Gasteiger charge is -2.21. The first kappa shape index (κ1) is 10.3. The summed E-state index contributed by atoms with van der Waals surface area (Å²) in [7, 11) is 0. The number of hydrogen-bond acceptors (Lipinski definition) is 3. The van der Waals surface area contributed by atoms with E-state index >= 15 is 0 Å². The Balaban J connectivity index is 2.30. The lowest BCUT2D eigenvalue weighted by molar-refractivity contribution is 0.169. The van der Waals surface area contributed by atoms with Crippen LogP contribution in [-0.4, -0.2) is 24.9 Å². The molecule has 0 unspecified atom stereocenters. The van der Waals surface area contributed by atoms with Crippen molar-refractivity contribution in [3.63, 3.8) is 0 Å². The van der Waals surface area contributed by atoms with Crippen molar-refractivity contribution in [2.75, 3.05) is 19.8 Å². The Kier molecular flexibility index (Phi) is 3.11. The predicted octanol–water partition coefficient (Wildman–Crippen LogP) is 1.69. The minimum Gasteiger partial charge on any atom is -0.486 e. The molecule has 0 amide bonds. The summed E-state index contributed by atoms with van der Waals surface area (Å²) in [6, 6.07) is 4.10. The number of benzene rings is 1. The largest absolute Gasteiger partial charge is 0.486 e. The first-order valence-electron chi connectivity index (χ1n) is 5.31. The second kappa shape index (κ2) is 4.53. The van der Waals surface area contributed by atoms with E-state index < -0.39 is 0 Å². The molecule has 1 aromatic rings. The van der Waals surface area contributed by atoms with E-state index in [1.807, 2.05) is 13.0 Å². The van der Waals surface area contributed by atoms with Crippen molar-refractivity contribution in [2.45, 2.75) is 19.8 Å². The summed E-state index contributed by atoms with van der Waals surface area (Å²) in [5, 5.41) is 8.83. The van der Waals surface area contributed by atoms with Gasteiger partial charge < -0.3 is 14.6 Å². The summed E-state index contributed by atoms with van der Waals surface area (Å²) in [4.78, 5) is 0. The molecule has 0 saturated carbocycles. The van der Waals surface area contributed by atoms with Gasteiger partial charge in [0.15, 0.2) is 11.5 Å². The van der Waals surface area contributed by atoms with Crippen molar-refractivity contribution in [1.82, 2.24) is 0 Å². The third-order valence-electron chi connectivity index (χ3n) is 2.47. The molecule has 1 heterocycles. The summed E-state index contributed by atoms with van der Waals surface area (Å²) in [5.74, 6) is 1.70. The van der Waals surface area contributed by atoms with Crippen LogP contribution >= 0.6 is 0 Å². The van der Waals surface area contributed by atoms with Crippen molar-refractivity contribution < 1.29 is 14.6 Å². The van der Waals surface area contributed by atoms with Crippen molar-refractivity contribution in [3.8, 4) is 11.5 Å². The minimum atomic E-state index is 0.212. The molecule has 15 heavy (non-hydrogen) atoms. The molecule has 0 spiro atoms. The second-order valence-corrected chi connectivity index (χ2v) is 3.78. The Bertz CT molecular complexity index is 347. The van der Waals surface area contributed by atoms with Gasteiger partial charge in [-0.1, -0.05) is 6.07 Å². The van der Waals surface area contributed by atoms with Crippen LogP contribution in [0.4, 0.5) is 0 Å². The molecule has 1 N–H and O–H groups in total. The number of aryl methyl sites for hydroxylation is 2. The molecule has 3 heteroatoms. The van der Waals surface area contributed by atoms with Gasteiger partial charge in [0.1, 0.15) is 13.2 Å². The average molecular weight is 208 g/mol. The van der Waals surface area contributed by atoms with Crippen molar-refractivity contribution >= 4 is 0 Å². The van der Waals surface area contributed by atoms with Gasteiger partial charge in [-0.15, -0.1) is 0 Å². The summed E-state index contributed by atoms with van der Waals surface area (Å²) in [5.41, 5.74) is 2.31. The molecule has 1 aliphatic rings. The number of aliphatic hydroxyl groups excluding tert-OH is 1. The van der Waals surface area contributed by atoms with Crippen LogP contribution in [0.2, 0.25) is 0 Å². The van der Waals surface area contributed by atoms with Crippen molar-refractivity contribution in [1.29, 1.82) is 0 Å². The van der Waals surface area contributed by atoms with E-state index in [0.717, 1.165) is 29.9 Å². The number of aliphatic hydroxyl groups is 1. The lowest BCUT2D eigenvalue weighted by atomic mass is 10.0. The van der Waals surface area contributed by atoms with E-state index in [-0.39, 0.29) is 6.61 Å². The van der Waals surface area contributed by atoms with E-state index in [4.69, 9.17) is 14.6 Å². The van der Waals surface area contributed by atoms with Gasteiger partial charge in [-0.25, -0.2) is 0 Å². The normalized spacial score (nSPS) is 14.0. The third kappa shape index (κ3) is 2.23. The summed E-state index contributed by atoms with van der Waals surface area (Å²) in [6.45, 7) is 3.49. The highest BCUT2D eigenvalue weighted by molar-refractivity contribution is 5.50. The predicted molar refractivity (Wildman–Crippen MR) is 57.6 cm³/mol. The molecule has 1 aromatic carbocycles.